The number of carboxylic acid groups (broad SMARTS) is 1. The van der Waals surface area contributed by atoms with Crippen LogP contribution in [0.15, 0.2) is 162 Å². The van der Waals surface area contributed by atoms with Crippen LogP contribution in [0, 0.1) is 102 Å². The Kier molecular flexibility index (Phi) is 23.8. The van der Waals surface area contributed by atoms with E-state index in [4.69, 9.17) is 32.7 Å². The van der Waals surface area contributed by atoms with Crippen molar-refractivity contribution in [3.63, 3.8) is 0 Å². The molecule has 16 aliphatic rings. The van der Waals surface area contributed by atoms with Crippen molar-refractivity contribution in [2.75, 3.05) is 69.9 Å². The number of ether oxygens (including phenoxy) is 2. The topological polar surface area (TPSA) is 232 Å². The number of Topliss-reactive ketones (excluding diaryl/α,β-unsaturated/α-hetero) is 1. The standard InChI is InChI=1S/C30H34ClF2NO4.C30H35F2NO4.C29H33F2NO4.C4H8O.CH2BrCl/c1-27-9-8-20(35)11-23(27)24(32)12-22-21-10-19-15-34(14-18-6-4-3-5-7-18)16-29(19,26(37)38-17-31)28(21,2)13-25(36)30(22,27)33;1-27-9-8-20(35)11-23(27)24(31)12-22-21-10-19-15-33(14-18-6-4-3-5-7-18)17-29(19,26(37)16-34)28(21,2)13-25(36)30(22,27)32;1-26-9-8-19(33)11-22(26)23(30)12-21-20-10-18-15-32(14-17-6-4-3-5-7-17)16-28(18,25(35)36)27(20,2)13-24(34)29(21,26)31;1-2-4-5-3-1;2-1-3/h3-9,11,19,21-22,24-25,36H,10,12-17H2,1-2H3;3-9,11,19,21-22,24-25,34,36H,10,12-17H2,1-2H3;3-9,11,18,20-21,23-24,34H,10,12-16H2,1-2H3,(H,35,36);1-4H2;1H2/t2*19-,21-,22-,24-,25-,27-,28-,29+,30-;18-,20-,21-,23-,24-,26-,27-,28+,29-;;/m000../s1. The van der Waals surface area contributed by atoms with Gasteiger partial charge in [-0.15, -0.1) is 11.6 Å². The Hall–Kier alpha value is -5.96. The van der Waals surface area contributed by atoms with Gasteiger partial charge in [-0.1, -0.05) is 158 Å². The van der Waals surface area contributed by atoms with E-state index in [1.165, 1.54) is 67.5 Å². The first-order valence-electron chi connectivity index (χ1n) is 42.4. The number of fused-ring (bicyclic) bond motifs is 21. The Balaban J connectivity index is 0.000000133. The SMILES string of the molecule is C1CCOC1.C[C@]12C=CC(=O)C=C1[C@@H](F)C[C@H]1[C@@H]3C[C@H]4CN(Cc5ccccc5)C[C@@]4(C(=O)CO)[C@@]3(C)C[C@H](O)[C@@]12F.C[C@]12C=CC(=O)C=C1[C@@H](F)C[C@H]1[C@@H]3C[C@H]4CN(Cc5ccccc5)C[C@@]4(C(=O)O)[C@@]3(C)C[C@H](O)[C@@]12F.C[C@]12C=CC(=O)C=C1[C@@H](F)C[C@H]1[C@@H]3C[C@H]4CN(Cc5ccccc5)C[C@@]4(C(=O)OCCl)[C@@]3(C)C[C@H](O)[C@@]12F.ClCBr. The molecule has 0 aromatic heterocycles. The number of benzene rings is 3. The molecule has 19 rings (SSSR count). The molecule has 3 aromatic carbocycles. The van der Waals surface area contributed by atoms with E-state index < -0.39 is 139 Å². The summed E-state index contributed by atoms with van der Waals surface area (Å²) < 4.78 is 110. The van der Waals surface area contributed by atoms with Crippen LogP contribution in [0.2, 0.25) is 0 Å². The maximum atomic E-state index is 17.5. The number of rotatable bonds is 11. The van der Waals surface area contributed by atoms with Crippen molar-refractivity contribution >= 4 is 74.2 Å². The molecule has 4 saturated heterocycles. The summed E-state index contributed by atoms with van der Waals surface area (Å²) in [6.45, 7) is 16.9. The molecule has 25 heteroatoms. The summed E-state index contributed by atoms with van der Waals surface area (Å²) in [4.78, 5) is 83.8. The minimum atomic E-state index is -2.18. The molecule has 9 saturated carbocycles. The van der Waals surface area contributed by atoms with Gasteiger partial charge in [0, 0.05) is 106 Å². The van der Waals surface area contributed by atoms with Gasteiger partial charge in [0.05, 0.1) is 39.3 Å². The molecule has 0 bridgehead atoms. The van der Waals surface area contributed by atoms with Gasteiger partial charge in [0.15, 0.2) is 46.2 Å². The minimum Gasteiger partial charge on any atom is -0.481 e. The number of carboxylic acids is 1. The fraction of sp³-hybridized carbons (Fsp3) is 0.617. The van der Waals surface area contributed by atoms with Gasteiger partial charge in [0.2, 0.25) is 0 Å². The Morgan fingerprint density at radius 3 is 1.10 bits per heavy atom. The average molecular weight is 1760 g/mol. The average Bonchev–Trinajstić information content (AvgIpc) is 1.55. The monoisotopic (exact) mass is 1750 g/mol. The number of ketones is 4. The van der Waals surface area contributed by atoms with Crippen LogP contribution in [0.1, 0.15) is 129 Å². The highest BCUT2D eigenvalue weighted by molar-refractivity contribution is 9.09. The van der Waals surface area contributed by atoms with E-state index in [2.05, 4.69) is 30.6 Å². The molecule has 0 spiro atoms. The number of allylic oxidation sites excluding steroid dienone is 12. The van der Waals surface area contributed by atoms with Gasteiger partial charge in [-0.3, -0.25) is 43.5 Å². The highest BCUT2D eigenvalue weighted by Gasteiger charge is 2.83. The van der Waals surface area contributed by atoms with E-state index in [0.29, 0.717) is 83.0 Å². The molecule has 12 aliphatic carbocycles. The zero-order valence-electron chi connectivity index (χ0n) is 68.4. The van der Waals surface area contributed by atoms with Gasteiger partial charge < -0.3 is 35.0 Å². The quantitative estimate of drug-likeness (QED) is 0.0682. The molecule has 0 unspecified atom stereocenters. The second-order valence-corrected chi connectivity index (χ2v) is 40.3. The van der Waals surface area contributed by atoms with Gasteiger partial charge in [-0.2, -0.15) is 0 Å². The second-order valence-electron chi connectivity index (χ2n) is 38.6. The lowest BCUT2D eigenvalue weighted by Crippen LogP contribution is -2.69. The van der Waals surface area contributed by atoms with Crippen molar-refractivity contribution in [1.82, 2.24) is 14.7 Å². The molecule has 0 amide bonds. The van der Waals surface area contributed by atoms with Crippen LogP contribution in [0.3, 0.4) is 0 Å². The first-order chi connectivity index (χ1) is 56.4. The number of hydrogen-bond acceptors (Lipinski definition) is 15. The zero-order chi connectivity index (χ0) is 85.4. The summed E-state index contributed by atoms with van der Waals surface area (Å²) in [6, 6.07) is 29.6. The largest absolute Gasteiger partial charge is 0.481 e. The molecule has 119 heavy (non-hydrogen) atoms. The fourth-order valence-electron chi connectivity index (χ4n) is 28.5. The van der Waals surface area contributed by atoms with Crippen LogP contribution in [0.5, 0.6) is 0 Å². The molecule has 0 radical (unpaired) electrons. The van der Waals surface area contributed by atoms with Crippen LogP contribution in [0.4, 0.5) is 26.3 Å². The fourth-order valence-corrected chi connectivity index (χ4v) is 28.6. The number of aliphatic hydroxyl groups excluding tert-OH is 4. The van der Waals surface area contributed by atoms with E-state index in [9.17, 15) is 54.3 Å². The third-order valence-corrected chi connectivity index (χ3v) is 33.9. The van der Waals surface area contributed by atoms with Crippen molar-refractivity contribution in [2.45, 2.75) is 186 Å². The van der Waals surface area contributed by atoms with Crippen LogP contribution in [-0.4, -0.2) is 199 Å². The number of halogens is 9. The minimum absolute atomic E-state index is 0.00570. The molecular weight excluding hydrogens is 1640 g/mol. The molecule has 644 valence electrons. The molecule has 4 aliphatic heterocycles. The smallest absolute Gasteiger partial charge is 0.315 e. The van der Waals surface area contributed by atoms with Crippen LogP contribution in [-0.2, 0) is 57.9 Å². The lowest BCUT2D eigenvalue weighted by atomic mass is 9.43. The van der Waals surface area contributed by atoms with E-state index in [-0.39, 0.29) is 120 Å². The normalized spacial score (nSPS) is 44.6. The van der Waals surface area contributed by atoms with E-state index in [0.717, 1.165) is 29.9 Å². The number of aliphatic hydroxyl groups is 4. The summed E-state index contributed by atoms with van der Waals surface area (Å²) >= 11 is 13.7. The van der Waals surface area contributed by atoms with Crippen LogP contribution >= 0.6 is 39.1 Å². The number of carbonyl (C=O) groups excluding carboxylic acids is 5. The Morgan fingerprint density at radius 1 is 0.487 bits per heavy atom. The Labute approximate surface area is 711 Å². The Bertz CT molecular complexity index is 4620. The lowest BCUT2D eigenvalue weighted by Gasteiger charge is -2.63. The van der Waals surface area contributed by atoms with Gasteiger partial charge >= 0.3 is 11.9 Å². The summed E-state index contributed by atoms with van der Waals surface area (Å²) in [5.74, 6) is -6.70. The molecule has 3 aromatic rings. The second kappa shape index (κ2) is 32.2. The number of likely N-dealkylation sites (tertiary alicyclic amines) is 3. The van der Waals surface area contributed by atoms with Crippen molar-refractivity contribution in [3.05, 3.63) is 179 Å². The molecular formula is C94H112BrCl2F6N3O13. The summed E-state index contributed by atoms with van der Waals surface area (Å²) in [5.41, 5.74) is -12.7. The van der Waals surface area contributed by atoms with Crippen LogP contribution in [0.25, 0.3) is 0 Å². The maximum absolute atomic E-state index is 17.5. The van der Waals surface area contributed by atoms with Crippen molar-refractivity contribution in [3.8, 4) is 0 Å². The highest BCUT2D eigenvalue weighted by atomic mass is 79.9. The molecule has 4 heterocycles. The third kappa shape index (κ3) is 13.1. The van der Waals surface area contributed by atoms with Crippen molar-refractivity contribution in [1.29, 1.82) is 0 Å². The number of esters is 1. The number of carbonyl (C=O) groups is 6. The molecule has 5 N–H and O–H groups in total. The first-order valence-corrected chi connectivity index (χ1v) is 44.6. The Morgan fingerprint density at radius 2 is 0.790 bits per heavy atom. The van der Waals surface area contributed by atoms with Gasteiger partial charge in [-0.25, -0.2) is 26.3 Å². The van der Waals surface area contributed by atoms with Crippen molar-refractivity contribution < 1.29 is 90.1 Å². The zero-order valence-corrected chi connectivity index (χ0v) is 71.5. The lowest BCUT2D eigenvalue weighted by molar-refractivity contribution is -0.216. The van der Waals surface area contributed by atoms with E-state index >= 15 is 26.3 Å². The van der Waals surface area contributed by atoms with E-state index in [1.54, 1.807) is 20.8 Å². The highest BCUT2D eigenvalue weighted by Crippen LogP contribution is 2.79. The summed E-state index contributed by atoms with van der Waals surface area (Å²) in [7, 11) is 0. The molecule has 16 nitrogen and oxygen atoms in total. The van der Waals surface area contributed by atoms with Gasteiger partial charge in [0.25, 0.3) is 0 Å². The van der Waals surface area contributed by atoms with Gasteiger partial charge in [0.1, 0.15) is 25.1 Å². The number of alkyl halides is 9. The summed E-state index contributed by atoms with van der Waals surface area (Å²) in [6.07, 6.45) is 6.67. The van der Waals surface area contributed by atoms with Gasteiger partial charge in [-0.05, 0) is 213 Å². The maximum Gasteiger partial charge on any atom is 0.315 e. The molecule has 13 fully saturated rings. The number of aliphatic carboxylic acids is 1. The predicted molar refractivity (Wildman–Crippen MR) is 441 cm³/mol. The number of nitrogens with zero attached hydrogens (tertiary/aromatic N) is 3. The summed E-state index contributed by atoms with van der Waals surface area (Å²) in [5, 5.41) is 55.5. The number of hydrogen-bond donors (Lipinski definition) is 5. The predicted octanol–water partition coefficient (Wildman–Crippen LogP) is 14.9. The van der Waals surface area contributed by atoms with Crippen molar-refractivity contribution in [2.24, 2.45) is 102 Å². The first kappa shape index (κ1) is 87.9. The van der Waals surface area contributed by atoms with E-state index in [1.807, 2.05) is 112 Å². The van der Waals surface area contributed by atoms with Crippen LogP contribution < -0.4 is 0 Å². The third-order valence-electron chi connectivity index (χ3n) is 33.8. The molecule has 27 atom stereocenters.